The Kier molecular flexibility index (Phi) is 6.13. The predicted octanol–water partition coefficient (Wildman–Crippen LogP) is 7.52. The summed E-state index contributed by atoms with van der Waals surface area (Å²) in [6.45, 7) is 23.5. The van der Waals surface area contributed by atoms with E-state index in [4.69, 9.17) is 9.16 Å². The minimum Gasteiger partial charge on any atom is -0.410 e. The quantitative estimate of drug-likeness (QED) is 0.339. The molecule has 7 atom stereocenters. The molecule has 166 valence electrons. The average Bonchev–Trinajstić information content (AvgIpc) is 2.99. The lowest BCUT2D eigenvalue weighted by Gasteiger charge is -2.43. The molecule has 3 heteroatoms. The summed E-state index contributed by atoms with van der Waals surface area (Å²) in [5.74, 6) is 2.22. The molecule has 0 aromatic carbocycles. The van der Waals surface area contributed by atoms with Crippen LogP contribution in [0.1, 0.15) is 81.1 Å². The molecule has 2 nitrogen and oxygen atoms in total. The van der Waals surface area contributed by atoms with Gasteiger partial charge in [0.1, 0.15) is 0 Å². The molecule has 2 fully saturated rings. The molecule has 1 aliphatic carbocycles. The highest BCUT2D eigenvalue weighted by Crippen LogP contribution is 2.57. The Morgan fingerprint density at radius 1 is 1.21 bits per heavy atom. The van der Waals surface area contributed by atoms with Crippen LogP contribution in [0.15, 0.2) is 23.8 Å². The predicted molar refractivity (Wildman–Crippen MR) is 127 cm³/mol. The van der Waals surface area contributed by atoms with Crippen LogP contribution in [0.2, 0.25) is 18.1 Å². The largest absolute Gasteiger partial charge is 0.410 e. The van der Waals surface area contributed by atoms with E-state index >= 15 is 0 Å². The van der Waals surface area contributed by atoms with Gasteiger partial charge in [0, 0.05) is 5.92 Å². The maximum Gasteiger partial charge on any atom is 0.192 e. The molecule has 3 rings (SSSR count). The number of allylic oxidation sites excluding steroid dienone is 2. The molecular weight excluding hydrogens is 372 g/mol. The van der Waals surface area contributed by atoms with Crippen LogP contribution >= 0.6 is 0 Å². The number of rotatable bonds is 5. The first-order chi connectivity index (χ1) is 13.2. The fourth-order valence-electron chi connectivity index (χ4n) is 5.65. The van der Waals surface area contributed by atoms with E-state index in [9.17, 15) is 0 Å². The molecule has 2 saturated heterocycles. The Labute approximate surface area is 181 Å². The summed E-state index contributed by atoms with van der Waals surface area (Å²) in [5.41, 5.74) is 1.60. The molecule has 2 bridgehead atoms. The third-order valence-electron chi connectivity index (χ3n) is 9.07. The van der Waals surface area contributed by atoms with E-state index < -0.39 is 8.32 Å². The number of hydrogen-bond acceptors (Lipinski definition) is 2. The van der Waals surface area contributed by atoms with Crippen molar-refractivity contribution in [3.63, 3.8) is 0 Å². The molecule has 2 aliphatic heterocycles. The van der Waals surface area contributed by atoms with Gasteiger partial charge in [0.05, 0.1) is 17.3 Å². The second-order valence-corrected chi connectivity index (χ2v) is 17.1. The van der Waals surface area contributed by atoms with Crippen LogP contribution in [0.5, 0.6) is 0 Å². The summed E-state index contributed by atoms with van der Waals surface area (Å²) >= 11 is 0. The molecule has 0 unspecified atom stereocenters. The lowest BCUT2D eigenvalue weighted by Crippen LogP contribution is -2.46. The fraction of sp³-hybridized carbons (Fsp3) is 0.846. The van der Waals surface area contributed by atoms with Gasteiger partial charge in [-0.15, -0.1) is 0 Å². The Balaban J connectivity index is 1.75. The summed E-state index contributed by atoms with van der Waals surface area (Å²) in [6, 6.07) is 0. The van der Waals surface area contributed by atoms with Crippen molar-refractivity contribution in [2.75, 3.05) is 0 Å². The summed E-state index contributed by atoms with van der Waals surface area (Å²) in [4.78, 5) is 0. The maximum atomic E-state index is 6.93. The van der Waals surface area contributed by atoms with E-state index in [1.54, 1.807) is 0 Å². The maximum absolute atomic E-state index is 6.93. The number of hydrogen-bond donors (Lipinski definition) is 0. The molecule has 0 amide bonds. The van der Waals surface area contributed by atoms with Crippen LogP contribution < -0.4 is 0 Å². The molecule has 0 aromatic heterocycles. The average molecular weight is 419 g/mol. The summed E-state index contributed by atoms with van der Waals surface area (Å²) in [6.07, 6.45) is 12.5. The molecule has 3 aliphatic rings. The van der Waals surface area contributed by atoms with E-state index in [1.165, 1.54) is 31.3 Å². The standard InChI is InChI=1S/C26H46O2Si/c1-18-11-13-21(23(17-18)27-29(9,10)24(4,5)6)19(2)12-14-22-20(3)25(7)15-16-26(22,8)28-25/h12,14,17,19-23H,11,13,15-16H2,1-10H3/b14-12+/t19-,20-,21+,22-,23+,25-,26+/m0/s1. The van der Waals surface area contributed by atoms with Crippen LogP contribution in [0.4, 0.5) is 0 Å². The highest BCUT2D eigenvalue weighted by molar-refractivity contribution is 6.74. The highest BCUT2D eigenvalue weighted by atomic mass is 28.4. The van der Waals surface area contributed by atoms with Crippen LogP contribution in [-0.4, -0.2) is 25.6 Å². The first kappa shape index (κ1) is 23.3. The normalized spacial score (nSPS) is 41.8. The monoisotopic (exact) mass is 418 g/mol. The van der Waals surface area contributed by atoms with Crippen molar-refractivity contribution >= 4 is 8.32 Å². The highest BCUT2D eigenvalue weighted by Gasteiger charge is 2.60. The van der Waals surface area contributed by atoms with Crippen molar-refractivity contribution < 1.29 is 9.16 Å². The van der Waals surface area contributed by atoms with Crippen LogP contribution in [-0.2, 0) is 9.16 Å². The van der Waals surface area contributed by atoms with Crippen molar-refractivity contribution in [3.05, 3.63) is 23.8 Å². The van der Waals surface area contributed by atoms with Gasteiger partial charge in [-0.3, -0.25) is 0 Å². The van der Waals surface area contributed by atoms with Crippen LogP contribution in [0.3, 0.4) is 0 Å². The molecular formula is C26H46O2Si. The van der Waals surface area contributed by atoms with E-state index in [-0.39, 0.29) is 22.3 Å². The molecule has 2 heterocycles. The van der Waals surface area contributed by atoms with Gasteiger partial charge in [0.15, 0.2) is 8.32 Å². The molecule has 0 N–H and O–H groups in total. The zero-order valence-electron chi connectivity index (χ0n) is 20.8. The molecule has 0 spiro atoms. The minimum atomic E-state index is -1.79. The van der Waals surface area contributed by atoms with Crippen molar-refractivity contribution in [3.8, 4) is 0 Å². The van der Waals surface area contributed by atoms with Gasteiger partial charge in [0.25, 0.3) is 0 Å². The zero-order valence-corrected chi connectivity index (χ0v) is 21.8. The van der Waals surface area contributed by atoms with E-state index in [0.29, 0.717) is 23.7 Å². The first-order valence-electron chi connectivity index (χ1n) is 11.9. The Morgan fingerprint density at radius 2 is 1.83 bits per heavy atom. The van der Waals surface area contributed by atoms with Gasteiger partial charge in [0.2, 0.25) is 0 Å². The van der Waals surface area contributed by atoms with Gasteiger partial charge >= 0.3 is 0 Å². The van der Waals surface area contributed by atoms with Gasteiger partial charge in [-0.05, 0) is 82.3 Å². The number of fused-ring (bicyclic) bond motifs is 2. The van der Waals surface area contributed by atoms with Crippen LogP contribution in [0, 0.1) is 23.7 Å². The zero-order chi connectivity index (χ0) is 21.8. The van der Waals surface area contributed by atoms with Gasteiger partial charge in [-0.1, -0.05) is 58.4 Å². The second-order valence-electron chi connectivity index (χ2n) is 12.3. The Morgan fingerprint density at radius 3 is 2.38 bits per heavy atom. The molecule has 0 aromatic rings. The van der Waals surface area contributed by atoms with Gasteiger partial charge in [-0.25, -0.2) is 0 Å². The minimum absolute atomic E-state index is 0.0322. The van der Waals surface area contributed by atoms with E-state index in [2.05, 4.69) is 86.7 Å². The fourth-order valence-corrected chi connectivity index (χ4v) is 6.93. The van der Waals surface area contributed by atoms with Gasteiger partial charge < -0.3 is 9.16 Å². The third kappa shape index (κ3) is 4.34. The van der Waals surface area contributed by atoms with Gasteiger partial charge in [-0.2, -0.15) is 0 Å². The third-order valence-corrected chi connectivity index (χ3v) is 13.5. The van der Waals surface area contributed by atoms with Crippen LogP contribution in [0.25, 0.3) is 0 Å². The van der Waals surface area contributed by atoms with Crippen molar-refractivity contribution in [1.82, 2.24) is 0 Å². The molecule has 0 saturated carbocycles. The van der Waals surface area contributed by atoms with Crippen molar-refractivity contribution in [2.24, 2.45) is 23.7 Å². The second kappa shape index (κ2) is 7.64. The molecule has 0 radical (unpaired) electrons. The lowest BCUT2D eigenvalue weighted by atomic mass is 9.68. The summed E-state index contributed by atoms with van der Waals surface area (Å²) < 4.78 is 13.4. The SMILES string of the molecule is CC1=C[C@@H](O[Si](C)(C)C(C)(C)C)[C@@H]([C@@H](C)/C=C/[C@H]2[C@H](C)[C@]3(C)CC[C@@]2(C)O3)CC1. The number of ether oxygens (including phenoxy) is 1. The topological polar surface area (TPSA) is 18.5 Å². The molecule has 29 heavy (non-hydrogen) atoms. The Bertz CT molecular complexity index is 673. The van der Waals surface area contributed by atoms with E-state index in [0.717, 1.165) is 0 Å². The van der Waals surface area contributed by atoms with Crippen molar-refractivity contribution in [2.45, 2.75) is 117 Å². The van der Waals surface area contributed by atoms with E-state index in [1.807, 2.05) is 0 Å². The van der Waals surface area contributed by atoms with Crippen molar-refractivity contribution in [1.29, 1.82) is 0 Å². The summed E-state index contributed by atoms with van der Waals surface area (Å²) in [7, 11) is -1.79. The summed E-state index contributed by atoms with van der Waals surface area (Å²) in [5, 5.41) is 0.246. The smallest absolute Gasteiger partial charge is 0.192 e. The first-order valence-corrected chi connectivity index (χ1v) is 14.8. The Hall–Kier alpha value is -0.383. The lowest BCUT2D eigenvalue weighted by molar-refractivity contribution is -0.0395.